The third-order valence-corrected chi connectivity index (χ3v) is 6.34. The maximum absolute atomic E-state index is 13.1. The van der Waals surface area contributed by atoms with E-state index in [4.69, 9.17) is 0 Å². The van der Waals surface area contributed by atoms with Crippen LogP contribution in [0.1, 0.15) is 19.4 Å². The maximum Gasteiger partial charge on any atom is 0.198 e. The summed E-state index contributed by atoms with van der Waals surface area (Å²) in [6.07, 6.45) is 1.79. The van der Waals surface area contributed by atoms with Crippen LogP contribution in [-0.2, 0) is 5.41 Å². The van der Waals surface area contributed by atoms with E-state index in [1.165, 1.54) is 17.7 Å². The van der Waals surface area contributed by atoms with Crippen LogP contribution >= 0.6 is 0 Å². The molecule has 2 aromatic rings. The van der Waals surface area contributed by atoms with Gasteiger partial charge in [0, 0.05) is 40.8 Å². The summed E-state index contributed by atoms with van der Waals surface area (Å²) in [6, 6.07) is 17.5. The van der Waals surface area contributed by atoms with Crippen LogP contribution in [0.4, 0.5) is 5.69 Å². The van der Waals surface area contributed by atoms with Gasteiger partial charge in [0.25, 0.3) is 0 Å². The minimum atomic E-state index is -0.475. The standard InChI is InChI=1S/C26H21N3O3/c1-26(2)17-10-6-7-11-19(17)29(3)21(26)14-27-28-18-12-13-20(30)23-22(18)24(31)15-8-4-5-9-16(15)25(23)32/h4-14,27H,1-3H3/b21-14-,28-18+. The number of para-hydroxylation sites is 1. The molecule has 32 heavy (non-hydrogen) atoms. The SMILES string of the molecule is CN1/C(=C\N/N=c2\ccc(=O)c3c(=O)c4ccccc4c(=O)c2=3)C(C)(C)c2ccccc21. The van der Waals surface area contributed by atoms with Crippen LogP contribution in [0, 0.1) is 10.4 Å². The van der Waals surface area contributed by atoms with E-state index in [-0.39, 0.29) is 37.4 Å². The maximum atomic E-state index is 13.1. The van der Waals surface area contributed by atoms with E-state index < -0.39 is 10.9 Å². The Kier molecular flexibility index (Phi) is 4.34. The fraction of sp³-hybridized carbons (Fsp3) is 0.154. The van der Waals surface area contributed by atoms with Crippen molar-refractivity contribution in [2.24, 2.45) is 5.10 Å². The number of fused-ring (bicyclic) bond motifs is 2. The van der Waals surface area contributed by atoms with Gasteiger partial charge in [-0.15, -0.1) is 0 Å². The summed E-state index contributed by atoms with van der Waals surface area (Å²) >= 11 is 0. The summed E-state index contributed by atoms with van der Waals surface area (Å²) in [7, 11) is 1.99. The van der Waals surface area contributed by atoms with E-state index >= 15 is 0 Å². The molecule has 0 bridgehead atoms. The van der Waals surface area contributed by atoms with E-state index in [0.29, 0.717) is 0 Å². The molecule has 0 fully saturated rings. The smallest absolute Gasteiger partial charge is 0.198 e. The van der Waals surface area contributed by atoms with Crippen LogP contribution in [0.25, 0.3) is 10.8 Å². The number of benzene rings is 2. The van der Waals surface area contributed by atoms with Gasteiger partial charge < -0.3 is 4.90 Å². The van der Waals surface area contributed by atoms with Crippen molar-refractivity contribution in [3.63, 3.8) is 0 Å². The Morgan fingerprint density at radius 2 is 1.47 bits per heavy atom. The highest BCUT2D eigenvalue weighted by Crippen LogP contribution is 2.46. The number of rotatable bonds is 2. The van der Waals surface area contributed by atoms with Crippen LogP contribution < -0.4 is 32.0 Å². The van der Waals surface area contributed by atoms with E-state index in [1.54, 1.807) is 30.5 Å². The Hall–Kier alpha value is -4.06. The molecule has 5 rings (SSSR count). The molecule has 0 spiro atoms. The zero-order valence-corrected chi connectivity index (χ0v) is 18.0. The summed E-state index contributed by atoms with van der Waals surface area (Å²) in [6.45, 7) is 4.27. The molecule has 6 heteroatoms. The van der Waals surface area contributed by atoms with Crippen molar-refractivity contribution in [2.75, 3.05) is 11.9 Å². The van der Waals surface area contributed by atoms with Gasteiger partial charge in [0.15, 0.2) is 16.3 Å². The second-order valence-corrected chi connectivity index (χ2v) is 8.51. The molecule has 0 atom stereocenters. The van der Waals surface area contributed by atoms with Gasteiger partial charge in [-0.05, 0) is 23.8 Å². The third-order valence-electron chi connectivity index (χ3n) is 6.34. The van der Waals surface area contributed by atoms with Gasteiger partial charge in [0.1, 0.15) is 0 Å². The van der Waals surface area contributed by atoms with Gasteiger partial charge in [-0.3, -0.25) is 19.8 Å². The minimum absolute atomic E-state index is 0.0504. The number of likely N-dealkylation sites (N-methyl/N-ethyl adjacent to an activating group) is 1. The van der Waals surface area contributed by atoms with E-state index in [1.807, 2.05) is 19.2 Å². The molecule has 158 valence electrons. The van der Waals surface area contributed by atoms with Gasteiger partial charge in [-0.1, -0.05) is 56.3 Å². The Morgan fingerprint density at radius 3 is 2.16 bits per heavy atom. The summed E-state index contributed by atoms with van der Waals surface area (Å²) in [5, 5.41) is 5.12. The Labute approximate surface area is 183 Å². The molecule has 0 unspecified atom stereocenters. The first-order valence-electron chi connectivity index (χ1n) is 10.3. The summed E-state index contributed by atoms with van der Waals surface area (Å²) in [5.41, 5.74) is 4.76. The molecule has 0 aromatic heterocycles. The lowest BCUT2D eigenvalue weighted by Crippen LogP contribution is -2.29. The first-order chi connectivity index (χ1) is 15.3. The predicted octanol–water partition coefficient (Wildman–Crippen LogP) is 2.20. The summed E-state index contributed by atoms with van der Waals surface area (Å²) in [4.78, 5) is 40.6. The molecular weight excluding hydrogens is 402 g/mol. The average molecular weight is 423 g/mol. The van der Waals surface area contributed by atoms with Crippen LogP contribution in [0.2, 0.25) is 0 Å². The van der Waals surface area contributed by atoms with Crippen molar-refractivity contribution >= 4 is 16.5 Å². The second kappa shape index (κ2) is 6.99. The Balaban J connectivity index is 1.70. The second-order valence-electron chi connectivity index (χ2n) is 8.51. The number of anilines is 1. The largest absolute Gasteiger partial charge is 0.346 e. The highest BCUT2D eigenvalue weighted by atomic mass is 16.1. The van der Waals surface area contributed by atoms with Crippen molar-refractivity contribution in [2.45, 2.75) is 19.3 Å². The Bertz CT molecular complexity index is 1710. The molecule has 1 aliphatic heterocycles. The fourth-order valence-corrected chi connectivity index (χ4v) is 4.69. The molecular formula is C26H21N3O3. The van der Waals surface area contributed by atoms with Crippen LogP contribution in [-0.4, -0.2) is 7.05 Å². The average Bonchev–Trinajstić information content (AvgIpc) is 2.99. The predicted molar refractivity (Wildman–Crippen MR) is 125 cm³/mol. The zero-order chi connectivity index (χ0) is 22.6. The molecule has 2 aromatic carbocycles. The van der Waals surface area contributed by atoms with Crippen molar-refractivity contribution in [3.8, 4) is 0 Å². The highest BCUT2D eigenvalue weighted by molar-refractivity contribution is 5.82. The zero-order valence-electron chi connectivity index (χ0n) is 18.0. The Morgan fingerprint density at radius 1 is 0.844 bits per heavy atom. The van der Waals surface area contributed by atoms with Gasteiger partial charge in [0.2, 0.25) is 0 Å². The molecule has 0 amide bonds. The molecule has 0 radical (unpaired) electrons. The van der Waals surface area contributed by atoms with Crippen LogP contribution in [0.15, 0.2) is 92.0 Å². The number of nitrogens with one attached hydrogen (secondary N) is 1. The van der Waals surface area contributed by atoms with E-state index in [2.05, 4.69) is 41.4 Å². The number of allylic oxidation sites excluding steroid dienone is 1. The van der Waals surface area contributed by atoms with Gasteiger partial charge >= 0.3 is 0 Å². The number of hydrogen-bond acceptors (Lipinski definition) is 6. The van der Waals surface area contributed by atoms with E-state index in [9.17, 15) is 14.4 Å². The molecule has 6 nitrogen and oxygen atoms in total. The summed E-state index contributed by atoms with van der Waals surface area (Å²) in [5.74, 6) is 0. The quantitative estimate of drug-likeness (QED) is 0.500. The van der Waals surface area contributed by atoms with Crippen LogP contribution in [0.5, 0.6) is 0 Å². The van der Waals surface area contributed by atoms with Crippen LogP contribution in [0.3, 0.4) is 0 Å². The van der Waals surface area contributed by atoms with Crippen molar-refractivity contribution in [1.29, 1.82) is 0 Å². The summed E-state index contributed by atoms with van der Waals surface area (Å²) < 4.78 is 0. The van der Waals surface area contributed by atoms with Crippen molar-refractivity contribution in [1.82, 2.24) is 5.43 Å². The number of nitrogens with zero attached hydrogens (tertiary/aromatic N) is 2. The lowest BCUT2D eigenvalue weighted by Gasteiger charge is -2.23. The normalized spacial score (nSPS) is 16.8. The van der Waals surface area contributed by atoms with Gasteiger partial charge in [-0.2, -0.15) is 5.10 Å². The molecule has 0 saturated carbocycles. The minimum Gasteiger partial charge on any atom is -0.346 e. The first kappa shape index (κ1) is 19.9. The van der Waals surface area contributed by atoms with Gasteiger partial charge in [0.05, 0.1) is 15.8 Å². The lowest BCUT2D eigenvalue weighted by molar-refractivity contribution is 0.631. The molecule has 3 aliphatic rings. The van der Waals surface area contributed by atoms with E-state index in [0.717, 1.165) is 11.4 Å². The molecule has 1 heterocycles. The number of hydrogen-bond donors (Lipinski definition) is 1. The fourth-order valence-electron chi connectivity index (χ4n) is 4.69. The molecule has 2 aliphatic carbocycles. The van der Waals surface area contributed by atoms with Crippen molar-refractivity contribution in [3.05, 3.63) is 125 Å². The lowest BCUT2D eigenvalue weighted by atomic mass is 9.84. The monoisotopic (exact) mass is 423 g/mol. The molecule has 0 saturated heterocycles. The highest BCUT2D eigenvalue weighted by Gasteiger charge is 2.38. The molecule has 1 N–H and O–H groups in total. The van der Waals surface area contributed by atoms with Gasteiger partial charge in [-0.25, -0.2) is 0 Å². The topological polar surface area (TPSA) is 78.8 Å². The third kappa shape index (κ3) is 2.73. The van der Waals surface area contributed by atoms with Crippen molar-refractivity contribution < 1.29 is 0 Å². The first-order valence-corrected chi connectivity index (χ1v) is 10.3.